The topological polar surface area (TPSA) is 146 Å². The Hall–Kier alpha value is -2.78. The van der Waals surface area contributed by atoms with E-state index in [1.54, 1.807) is 0 Å². The minimum Gasteiger partial charge on any atom is -0.465 e. The predicted octanol–water partition coefficient (Wildman–Crippen LogP) is 11.0. The molecule has 330 valence electrons. The van der Waals surface area contributed by atoms with Gasteiger partial charge < -0.3 is 30.6 Å². The first-order valence-corrected chi connectivity index (χ1v) is 23.1. The molecule has 0 fully saturated rings. The maximum atomic E-state index is 12.8. The number of hydrogen-bond donors (Lipinski definition) is 3. The third-order valence-corrected chi connectivity index (χ3v) is 9.94. The van der Waals surface area contributed by atoms with Crippen molar-refractivity contribution in [3.63, 3.8) is 0 Å². The van der Waals surface area contributed by atoms with E-state index in [2.05, 4.69) is 44.9 Å². The van der Waals surface area contributed by atoms with Gasteiger partial charge in [-0.25, -0.2) is 0 Å². The van der Waals surface area contributed by atoms with Crippen LogP contribution in [0.4, 0.5) is 0 Å². The van der Waals surface area contributed by atoms with Crippen molar-refractivity contribution in [2.45, 2.75) is 214 Å². The monoisotopic (exact) mass is 796 g/mol. The third-order valence-electron chi connectivity index (χ3n) is 9.94. The summed E-state index contributed by atoms with van der Waals surface area (Å²) < 4.78 is 16.5. The summed E-state index contributed by atoms with van der Waals surface area (Å²) in [4.78, 5) is 49.3. The molecule has 2 unspecified atom stereocenters. The van der Waals surface area contributed by atoms with Crippen LogP contribution in [0.5, 0.6) is 0 Å². The van der Waals surface area contributed by atoms with Gasteiger partial charge in [-0.1, -0.05) is 143 Å². The smallest absolute Gasteiger partial charge is 0.325 e. The molecule has 0 radical (unpaired) electrons. The number of amides is 1. The van der Waals surface area contributed by atoms with Crippen molar-refractivity contribution in [3.05, 3.63) is 12.4 Å². The van der Waals surface area contributed by atoms with Gasteiger partial charge in [0.15, 0.2) is 0 Å². The molecule has 0 aromatic carbocycles. The van der Waals surface area contributed by atoms with Crippen molar-refractivity contribution >= 4 is 23.8 Å². The summed E-state index contributed by atoms with van der Waals surface area (Å²) in [6.07, 6.45) is 28.6. The molecule has 0 heterocycles. The molecule has 10 heteroatoms. The number of carbonyl (C=O) groups excluding carboxylic acids is 4. The standard InChI is InChI=1S/C42H79NO7.C4H10N2/c1-5-9-12-14-16-23-31-38(30-22-13-10-6-2)42(47)50-35-27-20-19-25-33-48-40(45)36-43-39(44)32-24-17-15-18-26-34-49-41(46)37(28-8-4)29-21-11-7-3;1-3-6-4(2)5/h37-38H,5-36H2,1-4H3,(H,43,44);6H,2-3,5H2,1H3. The lowest BCUT2D eigenvalue weighted by atomic mass is 9.94. The van der Waals surface area contributed by atoms with Crippen molar-refractivity contribution in [2.24, 2.45) is 17.6 Å². The van der Waals surface area contributed by atoms with Gasteiger partial charge in [-0.15, -0.1) is 0 Å². The summed E-state index contributed by atoms with van der Waals surface area (Å²) in [7, 11) is 0. The summed E-state index contributed by atoms with van der Waals surface area (Å²) >= 11 is 0. The van der Waals surface area contributed by atoms with E-state index in [4.69, 9.17) is 19.9 Å². The van der Waals surface area contributed by atoms with E-state index in [-0.39, 0.29) is 36.2 Å². The lowest BCUT2D eigenvalue weighted by molar-refractivity contribution is -0.150. The second kappa shape index (κ2) is 43.3. The Morgan fingerprint density at radius 2 is 0.875 bits per heavy atom. The van der Waals surface area contributed by atoms with E-state index < -0.39 is 5.97 Å². The zero-order valence-electron chi connectivity index (χ0n) is 37.1. The Kier molecular flexibility index (Phi) is 42.8. The summed E-state index contributed by atoms with van der Waals surface area (Å²) in [5.74, 6) is 0.0130. The van der Waals surface area contributed by atoms with Crippen LogP contribution in [-0.2, 0) is 33.4 Å². The normalized spacial score (nSPS) is 11.8. The fourth-order valence-corrected chi connectivity index (χ4v) is 6.52. The minimum atomic E-state index is -0.413. The zero-order chi connectivity index (χ0) is 41.9. The molecule has 4 N–H and O–H groups in total. The van der Waals surface area contributed by atoms with Gasteiger partial charge in [0, 0.05) is 13.0 Å². The number of carbonyl (C=O) groups is 4. The molecule has 0 rings (SSSR count). The van der Waals surface area contributed by atoms with Crippen LogP contribution >= 0.6 is 0 Å². The molecule has 56 heavy (non-hydrogen) atoms. The van der Waals surface area contributed by atoms with Crippen LogP contribution in [0.15, 0.2) is 12.4 Å². The number of unbranched alkanes of at least 4 members (excludes halogenated alkanes) is 17. The molecular weight excluding hydrogens is 707 g/mol. The van der Waals surface area contributed by atoms with Crippen LogP contribution in [0.25, 0.3) is 0 Å². The number of esters is 3. The van der Waals surface area contributed by atoms with Gasteiger partial charge in [0.05, 0.1) is 37.5 Å². The SMILES string of the molecule is C=C(N)NCC.CCCCCCCCC(CCCCCC)C(=O)OCCCCCCOC(=O)CNC(=O)CCCCCCCOC(=O)C(CCC)CCCCC. The van der Waals surface area contributed by atoms with E-state index in [0.29, 0.717) is 32.1 Å². The Morgan fingerprint density at radius 3 is 1.34 bits per heavy atom. The number of nitrogens with one attached hydrogen (secondary N) is 2. The number of hydrogen-bond acceptors (Lipinski definition) is 9. The lowest BCUT2D eigenvalue weighted by Crippen LogP contribution is -2.30. The molecule has 10 nitrogen and oxygen atoms in total. The van der Waals surface area contributed by atoms with Gasteiger partial charge in [0.25, 0.3) is 0 Å². The molecular formula is C46H89N3O7. The van der Waals surface area contributed by atoms with Gasteiger partial charge >= 0.3 is 17.9 Å². The van der Waals surface area contributed by atoms with Gasteiger partial charge in [0.2, 0.25) is 5.91 Å². The van der Waals surface area contributed by atoms with Gasteiger partial charge in [-0.3, -0.25) is 19.2 Å². The molecule has 1 amide bonds. The van der Waals surface area contributed by atoms with Crippen LogP contribution < -0.4 is 16.4 Å². The highest BCUT2D eigenvalue weighted by atomic mass is 16.5. The molecule has 0 aromatic rings. The number of ether oxygens (including phenoxy) is 3. The van der Waals surface area contributed by atoms with E-state index in [1.807, 2.05) is 6.92 Å². The summed E-state index contributed by atoms with van der Waals surface area (Å²) in [6.45, 7) is 16.1. The highest BCUT2D eigenvalue weighted by molar-refractivity contribution is 5.81. The highest BCUT2D eigenvalue weighted by Gasteiger charge is 2.20. The molecule has 2 atom stereocenters. The van der Waals surface area contributed by atoms with Gasteiger partial charge in [-0.2, -0.15) is 0 Å². The average molecular weight is 796 g/mol. The fraction of sp³-hybridized carbons (Fsp3) is 0.870. The first kappa shape index (κ1) is 55.3. The third kappa shape index (κ3) is 39.5. The van der Waals surface area contributed by atoms with Crippen molar-refractivity contribution in [3.8, 4) is 0 Å². The molecule has 0 aliphatic carbocycles. The Balaban J connectivity index is 0. The van der Waals surface area contributed by atoms with E-state index >= 15 is 0 Å². The molecule has 0 aliphatic heterocycles. The largest absolute Gasteiger partial charge is 0.465 e. The summed E-state index contributed by atoms with van der Waals surface area (Å²) in [5, 5.41) is 5.45. The Bertz CT molecular complexity index is 946. The van der Waals surface area contributed by atoms with Crippen LogP contribution in [0.2, 0.25) is 0 Å². The van der Waals surface area contributed by atoms with Crippen LogP contribution in [0, 0.1) is 11.8 Å². The molecule has 0 saturated heterocycles. The first-order chi connectivity index (χ1) is 27.2. The van der Waals surface area contributed by atoms with Crippen molar-refractivity contribution in [1.82, 2.24) is 10.6 Å². The van der Waals surface area contributed by atoms with Crippen molar-refractivity contribution < 1.29 is 33.4 Å². The first-order valence-electron chi connectivity index (χ1n) is 23.1. The van der Waals surface area contributed by atoms with Crippen molar-refractivity contribution in [2.75, 3.05) is 32.9 Å². The van der Waals surface area contributed by atoms with Gasteiger partial charge in [0.1, 0.15) is 6.54 Å². The van der Waals surface area contributed by atoms with E-state index in [1.165, 1.54) is 51.4 Å². The number of nitrogens with two attached hydrogens (primary N) is 1. The Morgan fingerprint density at radius 1 is 0.482 bits per heavy atom. The highest BCUT2D eigenvalue weighted by Crippen LogP contribution is 2.21. The minimum absolute atomic E-state index is 0.0191. The fourth-order valence-electron chi connectivity index (χ4n) is 6.52. The van der Waals surface area contributed by atoms with Crippen LogP contribution in [0.1, 0.15) is 214 Å². The Labute approximate surface area is 344 Å². The quantitative estimate of drug-likeness (QED) is 0.0314. The zero-order valence-corrected chi connectivity index (χ0v) is 37.1. The predicted molar refractivity (Wildman–Crippen MR) is 232 cm³/mol. The van der Waals surface area contributed by atoms with E-state index in [0.717, 1.165) is 129 Å². The van der Waals surface area contributed by atoms with Crippen LogP contribution in [0.3, 0.4) is 0 Å². The molecule has 0 aromatic heterocycles. The molecule has 0 saturated carbocycles. The van der Waals surface area contributed by atoms with E-state index in [9.17, 15) is 19.2 Å². The van der Waals surface area contributed by atoms with Gasteiger partial charge in [-0.05, 0) is 71.1 Å². The summed E-state index contributed by atoms with van der Waals surface area (Å²) in [5.41, 5.74) is 5.10. The van der Waals surface area contributed by atoms with Crippen molar-refractivity contribution in [1.29, 1.82) is 0 Å². The molecule has 0 spiro atoms. The lowest BCUT2D eigenvalue weighted by Gasteiger charge is -2.16. The number of rotatable bonds is 39. The second-order valence-electron chi connectivity index (χ2n) is 15.4. The maximum absolute atomic E-state index is 12.8. The summed E-state index contributed by atoms with van der Waals surface area (Å²) in [6, 6.07) is 0. The average Bonchev–Trinajstić information content (AvgIpc) is 3.17. The maximum Gasteiger partial charge on any atom is 0.325 e. The molecule has 0 aliphatic rings. The van der Waals surface area contributed by atoms with Crippen LogP contribution in [-0.4, -0.2) is 56.7 Å². The molecule has 0 bridgehead atoms. The second-order valence-corrected chi connectivity index (χ2v) is 15.4.